The van der Waals surface area contributed by atoms with Crippen molar-refractivity contribution in [1.29, 1.82) is 0 Å². The van der Waals surface area contributed by atoms with Gasteiger partial charge in [0, 0.05) is 56.9 Å². The number of methoxy groups -OCH3 is 1. The van der Waals surface area contributed by atoms with Crippen molar-refractivity contribution >= 4 is 23.0 Å². The molecule has 2 aromatic rings. The van der Waals surface area contributed by atoms with Gasteiger partial charge in [0.15, 0.2) is 5.11 Å². The lowest BCUT2D eigenvalue weighted by Crippen LogP contribution is -2.59. The average Bonchev–Trinajstić information content (AvgIpc) is 3.52. The fourth-order valence-electron chi connectivity index (χ4n) is 5.99. The van der Waals surface area contributed by atoms with Gasteiger partial charge in [0.2, 0.25) is 0 Å². The summed E-state index contributed by atoms with van der Waals surface area (Å²) in [4.78, 5) is 5.39. The molecule has 5 heterocycles. The number of nitrogens with one attached hydrogen (secondary N) is 2. The predicted molar refractivity (Wildman–Crippen MR) is 136 cm³/mol. The van der Waals surface area contributed by atoms with Crippen molar-refractivity contribution in [3.8, 4) is 5.69 Å². The molecule has 7 nitrogen and oxygen atoms in total. The van der Waals surface area contributed by atoms with Crippen LogP contribution in [0.1, 0.15) is 25.7 Å². The van der Waals surface area contributed by atoms with E-state index in [2.05, 4.69) is 25.5 Å². The highest BCUT2D eigenvalue weighted by atomic mass is 32.1. The predicted octanol–water partition coefficient (Wildman–Crippen LogP) is 2.98. The molecule has 4 aliphatic rings. The smallest absolute Gasteiger partial charge is 0.170 e. The van der Waals surface area contributed by atoms with Crippen molar-refractivity contribution < 1.29 is 4.74 Å². The number of anilines is 1. The summed E-state index contributed by atoms with van der Waals surface area (Å²) in [6, 6.07) is 11.3. The number of benzene rings is 1. The lowest BCUT2D eigenvalue weighted by molar-refractivity contribution is -0.0158. The van der Waals surface area contributed by atoms with E-state index in [0.717, 1.165) is 36.4 Å². The van der Waals surface area contributed by atoms with Crippen LogP contribution in [-0.4, -0.2) is 83.2 Å². The minimum atomic E-state index is 0.579. The second-order valence-corrected chi connectivity index (χ2v) is 10.2. The second-order valence-electron chi connectivity index (χ2n) is 9.77. The third-order valence-electron chi connectivity index (χ3n) is 7.73. The fourth-order valence-corrected chi connectivity index (χ4v) is 6.19. The maximum absolute atomic E-state index is 5.58. The number of likely N-dealkylation sites (tertiary alicyclic amines) is 1. The lowest BCUT2D eigenvalue weighted by atomic mass is 9.75. The van der Waals surface area contributed by atoms with Gasteiger partial charge >= 0.3 is 0 Å². The number of thiocarbonyl (C=S) groups is 1. The Morgan fingerprint density at radius 3 is 2.79 bits per heavy atom. The van der Waals surface area contributed by atoms with Gasteiger partial charge in [0.05, 0.1) is 12.3 Å². The van der Waals surface area contributed by atoms with Crippen molar-refractivity contribution in [3.63, 3.8) is 0 Å². The summed E-state index contributed by atoms with van der Waals surface area (Å²) in [5.41, 5.74) is 2.03. The fraction of sp³-hybridized carbons (Fsp3) is 0.600. The molecule has 4 fully saturated rings. The van der Waals surface area contributed by atoms with Crippen LogP contribution in [0.3, 0.4) is 0 Å². The van der Waals surface area contributed by atoms with E-state index in [9.17, 15) is 0 Å². The molecule has 1 aromatic carbocycles. The Hall–Kier alpha value is -2.00. The van der Waals surface area contributed by atoms with Gasteiger partial charge in [0.25, 0.3) is 0 Å². The van der Waals surface area contributed by atoms with Crippen molar-refractivity contribution in [2.45, 2.75) is 37.8 Å². The highest BCUT2D eigenvalue weighted by Crippen LogP contribution is 2.37. The van der Waals surface area contributed by atoms with Crippen LogP contribution in [0, 0.1) is 11.8 Å². The van der Waals surface area contributed by atoms with E-state index in [0.29, 0.717) is 17.2 Å². The van der Waals surface area contributed by atoms with Gasteiger partial charge in [-0.2, -0.15) is 5.10 Å². The number of piperidine rings is 3. The van der Waals surface area contributed by atoms with E-state index in [4.69, 9.17) is 17.0 Å². The van der Waals surface area contributed by atoms with Crippen molar-refractivity contribution in [3.05, 3.63) is 42.7 Å². The number of aromatic nitrogens is 2. The molecule has 0 spiro atoms. The average molecular weight is 469 g/mol. The van der Waals surface area contributed by atoms with Gasteiger partial charge in [-0.25, -0.2) is 4.68 Å². The minimum Gasteiger partial charge on any atom is -0.383 e. The normalized spacial score (nSPS) is 29.3. The van der Waals surface area contributed by atoms with Gasteiger partial charge in [-0.1, -0.05) is 0 Å². The molecule has 5 atom stereocenters. The van der Waals surface area contributed by atoms with Crippen LogP contribution < -0.4 is 10.6 Å². The van der Waals surface area contributed by atoms with E-state index in [1.54, 1.807) is 6.20 Å². The Balaban J connectivity index is 1.08. The lowest BCUT2D eigenvalue weighted by Gasteiger charge is -2.51. The van der Waals surface area contributed by atoms with Crippen molar-refractivity contribution in [2.24, 2.45) is 11.8 Å². The number of nitrogens with zero attached hydrogens (tertiary/aromatic N) is 4. The van der Waals surface area contributed by atoms with Crippen LogP contribution in [0.15, 0.2) is 42.7 Å². The molecule has 2 bridgehead atoms. The summed E-state index contributed by atoms with van der Waals surface area (Å²) < 4.78 is 7.31. The van der Waals surface area contributed by atoms with Gasteiger partial charge in [-0.3, -0.25) is 9.80 Å². The Morgan fingerprint density at radius 2 is 2.06 bits per heavy atom. The zero-order valence-electron chi connectivity index (χ0n) is 19.5. The summed E-state index contributed by atoms with van der Waals surface area (Å²) in [6.07, 6.45) is 8.95. The molecule has 4 aliphatic heterocycles. The minimum absolute atomic E-state index is 0.579. The van der Waals surface area contributed by atoms with E-state index >= 15 is 0 Å². The monoisotopic (exact) mass is 468 g/mol. The van der Waals surface area contributed by atoms with E-state index in [-0.39, 0.29) is 0 Å². The SMILES string of the molecule is COC[C@@H]1CCCN1C[C@@H]1CN2CC[C@H]1C[C@@H]2CNC(=S)Nc1ccc(-n2cccn2)cc1. The maximum Gasteiger partial charge on any atom is 0.170 e. The largest absolute Gasteiger partial charge is 0.383 e. The molecule has 1 aromatic heterocycles. The summed E-state index contributed by atoms with van der Waals surface area (Å²) in [6.45, 7) is 6.72. The number of rotatable bonds is 8. The summed E-state index contributed by atoms with van der Waals surface area (Å²) in [5, 5.41) is 11.8. The van der Waals surface area contributed by atoms with Crippen LogP contribution in [0.5, 0.6) is 0 Å². The van der Waals surface area contributed by atoms with Crippen LogP contribution in [0.4, 0.5) is 5.69 Å². The maximum atomic E-state index is 5.58. The van der Waals surface area contributed by atoms with Crippen LogP contribution >= 0.6 is 12.2 Å². The molecule has 0 aliphatic carbocycles. The van der Waals surface area contributed by atoms with Crippen LogP contribution in [-0.2, 0) is 4.74 Å². The highest BCUT2D eigenvalue weighted by molar-refractivity contribution is 7.80. The molecule has 4 saturated heterocycles. The molecule has 33 heavy (non-hydrogen) atoms. The van der Waals surface area contributed by atoms with Gasteiger partial charge in [-0.05, 0) is 93.2 Å². The summed E-state index contributed by atoms with van der Waals surface area (Å²) in [7, 11) is 1.83. The first kappa shape index (κ1) is 22.8. The molecule has 6 rings (SSSR count). The standard InChI is InChI=1S/C25H36N6OS/c1-32-18-23-4-2-11-29(23)16-20-17-30-13-9-19(20)14-24(30)15-26-25(33)28-21-5-7-22(8-6-21)31-12-3-10-27-31/h3,5-8,10,12,19-20,23-24H,2,4,9,11,13-18H2,1H3,(H2,26,28,33)/t19-,20+,23-,24+/m0/s1. The number of ether oxygens (including phenoxy) is 1. The molecule has 0 amide bonds. The topological polar surface area (TPSA) is 57.6 Å². The molecular weight excluding hydrogens is 432 g/mol. The van der Waals surface area contributed by atoms with E-state index < -0.39 is 0 Å². The molecule has 178 valence electrons. The summed E-state index contributed by atoms with van der Waals surface area (Å²) >= 11 is 5.58. The Bertz CT molecular complexity index is 904. The summed E-state index contributed by atoms with van der Waals surface area (Å²) in [5.74, 6) is 1.63. The first-order chi connectivity index (χ1) is 16.2. The zero-order chi connectivity index (χ0) is 22.6. The van der Waals surface area contributed by atoms with Crippen molar-refractivity contribution in [1.82, 2.24) is 24.9 Å². The molecule has 0 saturated carbocycles. The molecular formula is C25H36N6OS. The number of hydrogen-bond donors (Lipinski definition) is 2. The highest BCUT2D eigenvalue weighted by Gasteiger charge is 2.41. The Morgan fingerprint density at radius 1 is 1.18 bits per heavy atom. The first-order valence-electron chi connectivity index (χ1n) is 12.3. The quantitative estimate of drug-likeness (QED) is 0.578. The van der Waals surface area contributed by atoms with E-state index in [1.165, 1.54) is 51.9 Å². The van der Waals surface area contributed by atoms with Gasteiger partial charge in [-0.15, -0.1) is 0 Å². The molecule has 8 heteroatoms. The number of fused-ring (bicyclic) bond motifs is 3. The Labute approximate surface area is 202 Å². The van der Waals surface area contributed by atoms with E-state index in [1.807, 2.05) is 48.3 Å². The third kappa shape index (κ3) is 5.40. The molecule has 1 unspecified atom stereocenters. The number of hydrogen-bond acceptors (Lipinski definition) is 5. The molecule has 0 radical (unpaired) electrons. The zero-order valence-corrected chi connectivity index (χ0v) is 20.3. The van der Waals surface area contributed by atoms with Crippen LogP contribution in [0.2, 0.25) is 0 Å². The first-order valence-corrected chi connectivity index (χ1v) is 12.7. The third-order valence-corrected chi connectivity index (χ3v) is 7.98. The second kappa shape index (κ2) is 10.5. The van der Waals surface area contributed by atoms with Gasteiger partial charge in [0.1, 0.15) is 0 Å². The van der Waals surface area contributed by atoms with Gasteiger partial charge < -0.3 is 15.4 Å². The van der Waals surface area contributed by atoms with Crippen LogP contribution in [0.25, 0.3) is 5.69 Å². The van der Waals surface area contributed by atoms with Crippen molar-refractivity contribution in [2.75, 3.05) is 51.8 Å². The Kier molecular flexibility index (Phi) is 7.25. The molecule has 2 N–H and O–H groups in total.